The first-order valence-electron chi connectivity index (χ1n) is 4.53. The van der Waals surface area contributed by atoms with Crippen molar-refractivity contribution in [3.63, 3.8) is 0 Å². The van der Waals surface area contributed by atoms with Gasteiger partial charge in [0.1, 0.15) is 5.76 Å². The molecule has 1 aromatic rings. The van der Waals surface area contributed by atoms with E-state index in [1.807, 2.05) is 12.1 Å². The van der Waals surface area contributed by atoms with Crippen LogP contribution in [0, 0.1) is 0 Å². The lowest BCUT2D eigenvalue weighted by molar-refractivity contribution is 0.320. The lowest BCUT2D eigenvalue weighted by Crippen LogP contribution is -2.33. The number of rotatable bonds is 4. The van der Waals surface area contributed by atoms with Gasteiger partial charge in [0.15, 0.2) is 0 Å². The summed E-state index contributed by atoms with van der Waals surface area (Å²) in [6.45, 7) is 4.96. The van der Waals surface area contributed by atoms with Crippen LogP contribution in [0.1, 0.15) is 32.4 Å². The first kappa shape index (κ1) is 9.33. The Labute approximate surface area is 73.8 Å². The first-order valence-corrected chi connectivity index (χ1v) is 4.53. The molecule has 0 bridgehead atoms. The molecule has 0 aliphatic carbocycles. The summed E-state index contributed by atoms with van der Waals surface area (Å²) in [6, 6.07) is 3.94. The SMILES string of the molecule is CCC(CC)(CN)c1ccco1. The van der Waals surface area contributed by atoms with E-state index in [9.17, 15) is 0 Å². The summed E-state index contributed by atoms with van der Waals surface area (Å²) in [5.41, 5.74) is 5.82. The predicted octanol–water partition coefficient (Wildman–Crippen LogP) is 2.30. The molecule has 2 N–H and O–H groups in total. The average molecular weight is 167 g/mol. The molecule has 68 valence electrons. The lowest BCUT2D eigenvalue weighted by Gasteiger charge is -2.27. The van der Waals surface area contributed by atoms with Gasteiger partial charge < -0.3 is 10.2 Å². The zero-order chi connectivity index (χ0) is 9.03. The normalized spacial score (nSPS) is 11.9. The third kappa shape index (κ3) is 1.39. The monoisotopic (exact) mass is 167 g/mol. The second-order valence-electron chi connectivity index (χ2n) is 3.17. The molecule has 0 saturated carbocycles. The van der Waals surface area contributed by atoms with E-state index >= 15 is 0 Å². The Balaban J connectivity index is 2.93. The fourth-order valence-electron chi connectivity index (χ4n) is 1.57. The Kier molecular flexibility index (Phi) is 2.93. The maximum absolute atomic E-state index is 5.76. The van der Waals surface area contributed by atoms with Crippen molar-refractivity contribution in [2.75, 3.05) is 6.54 Å². The van der Waals surface area contributed by atoms with Crippen molar-refractivity contribution in [1.29, 1.82) is 0 Å². The largest absolute Gasteiger partial charge is 0.469 e. The van der Waals surface area contributed by atoms with Crippen LogP contribution in [0.4, 0.5) is 0 Å². The summed E-state index contributed by atoms with van der Waals surface area (Å²) in [5.74, 6) is 1.02. The second kappa shape index (κ2) is 3.76. The number of furan rings is 1. The molecule has 0 aromatic carbocycles. The summed E-state index contributed by atoms with van der Waals surface area (Å²) < 4.78 is 5.39. The van der Waals surface area contributed by atoms with Crippen LogP contribution < -0.4 is 5.73 Å². The van der Waals surface area contributed by atoms with Crippen molar-refractivity contribution in [3.8, 4) is 0 Å². The third-order valence-electron chi connectivity index (χ3n) is 2.79. The lowest BCUT2D eigenvalue weighted by atomic mass is 9.80. The van der Waals surface area contributed by atoms with E-state index in [0.29, 0.717) is 6.54 Å². The molecule has 12 heavy (non-hydrogen) atoms. The third-order valence-corrected chi connectivity index (χ3v) is 2.79. The maximum Gasteiger partial charge on any atom is 0.111 e. The standard InChI is InChI=1S/C10H17NO/c1-3-10(4-2,8-11)9-6-5-7-12-9/h5-7H,3-4,8,11H2,1-2H3. The molecule has 0 aliphatic heterocycles. The van der Waals surface area contributed by atoms with Gasteiger partial charge in [0.05, 0.1) is 6.26 Å². The number of hydrogen-bond donors (Lipinski definition) is 1. The molecule has 0 aliphatic rings. The molecule has 1 heterocycles. The van der Waals surface area contributed by atoms with Gasteiger partial charge in [0.2, 0.25) is 0 Å². The van der Waals surface area contributed by atoms with E-state index in [1.165, 1.54) is 0 Å². The molecule has 0 fully saturated rings. The molecule has 0 atom stereocenters. The molecule has 0 spiro atoms. The van der Waals surface area contributed by atoms with Crippen molar-refractivity contribution < 1.29 is 4.42 Å². The molecule has 0 radical (unpaired) electrons. The van der Waals surface area contributed by atoms with Gasteiger partial charge in [-0.05, 0) is 25.0 Å². The van der Waals surface area contributed by atoms with Gasteiger partial charge in [-0.25, -0.2) is 0 Å². The maximum atomic E-state index is 5.76. The molecule has 0 saturated heterocycles. The van der Waals surface area contributed by atoms with Crippen molar-refractivity contribution >= 4 is 0 Å². The Morgan fingerprint density at radius 3 is 2.42 bits per heavy atom. The average Bonchev–Trinajstić information content (AvgIpc) is 2.62. The van der Waals surface area contributed by atoms with E-state index in [0.717, 1.165) is 18.6 Å². The van der Waals surface area contributed by atoms with Crippen molar-refractivity contribution in [3.05, 3.63) is 24.2 Å². The minimum atomic E-state index is 0.0590. The summed E-state index contributed by atoms with van der Waals surface area (Å²) in [4.78, 5) is 0. The quantitative estimate of drug-likeness (QED) is 0.747. The van der Waals surface area contributed by atoms with Crippen molar-refractivity contribution in [2.45, 2.75) is 32.1 Å². The summed E-state index contributed by atoms with van der Waals surface area (Å²) >= 11 is 0. The van der Waals surface area contributed by atoms with Gasteiger partial charge in [-0.1, -0.05) is 13.8 Å². The van der Waals surface area contributed by atoms with Gasteiger partial charge in [0.25, 0.3) is 0 Å². The first-order chi connectivity index (χ1) is 5.79. The highest BCUT2D eigenvalue weighted by Crippen LogP contribution is 2.30. The summed E-state index contributed by atoms with van der Waals surface area (Å²) in [6.07, 6.45) is 3.78. The molecular weight excluding hydrogens is 150 g/mol. The van der Waals surface area contributed by atoms with Crippen LogP contribution in [0.5, 0.6) is 0 Å². The molecule has 2 heteroatoms. The van der Waals surface area contributed by atoms with Crippen LogP contribution in [-0.4, -0.2) is 6.54 Å². The van der Waals surface area contributed by atoms with Crippen LogP contribution in [0.15, 0.2) is 22.8 Å². The fourth-order valence-corrected chi connectivity index (χ4v) is 1.57. The van der Waals surface area contributed by atoms with Crippen LogP contribution in [0.3, 0.4) is 0 Å². The Hall–Kier alpha value is -0.760. The van der Waals surface area contributed by atoms with Crippen LogP contribution in [0.25, 0.3) is 0 Å². The Morgan fingerprint density at radius 1 is 1.42 bits per heavy atom. The van der Waals surface area contributed by atoms with E-state index in [4.69, 9.17) is 10.2 Å². The van der Waals surface area contributed by atoms with Crippen molar-refractivity contribution in [1.82, 2.24) is 0 Å². The van der Waals surface area contributed by atoms with E-state index in [2.05, 4.69) is 13.8 Å². The Morgan fingerprint density at radius 2 is 2.08 bits per heavy atom. The molecular formula is C10H17NO. The highest BCUT2D eigenvalue weighted by atomic mass is 16.3. The Bertz CT molecular complexity index is 203. The highest BCUT2D eigenvalue weighted by molar-refractivity contribution is 5.14. The van der Waals surface area contributed by atoms with Crippen LogP contribution in [0.2, 0.25) is 0 Å². The van der Waals surface area contributed by atoms with Gasteiger partial charge in [-0.2, -0.15) is 0 Å². The summed E-state index contributed by atoms with van der Waals surface area (Å²) in [5, 5.41) is 0. The van der Waals surface area contributed by atoms with Gasteiger partial charge >= 0.3 is 0 Å². The van der Waals surface area contributed by atoms with E-state index in [-0.39, 0.29) is 5.41 Å². The molecule has 0 unspecified atom stereocenters. The van der Waals surface area contributed by atoms with Gasteiger partial charge in [-0.3, -0.25) is 0 Å². The fraction of sp³-hybridized carbons (Fsp3) is 0.600. The smallest absolute Gasteiger partial charge is 0.111 e. The minimum Gasteiger partial charge on any atom is -0.469 e. The number of nitrogens with two attached hydrogens (primary N) is 1. The van der Waals surface area contributed by atoms with E-state index < -0.39 is 0 Å². The van der Waals surface area contributed by atoms with Crippen molar-refractivity contribution in [2.24, 2.45) is 5.73 Å². The predicted molar refractivity (Wildman–Crippen MR) is 50.0 cm³/mol. The summed E-state index contributed by atoms with van der Waals surface area (Å²) in [7, 11) is 0. The zero-order valence-corrected chi connectivity index (χ0v) is 7.84. The van der Waals surface area contributed by atoms with Gasteiger partial charge in [0, 0.05) is 12.0 Å². The zero-order valence-electron chi connectivity index (χ0n) is 7.84. The molecule has 1 aromatic heterocycles. The number of hydrogen-bond acceptors (Lipinski definition) is 2. The topological polar surface area (TPSA) is 39.2 Å². The van der Waals surface area contributed by atoms with E-state index in [1.54, 1.807) is 6.26 Å². The van der Waals surface area contributed by atoms with Crippen LogP contribution in [-0.2, 0) is 5.41 Å². The molecule has 2 nitrogen and oxygen atoms in total. The van der Waals surface area contributed by atoms with Gasteiger partial charge in [-0.15, -0.1) is 0 Å². The molecule has 1 rings (SSSR count). The second-order valence-corrected chi connectivity index (χ2v) is 3.17. The van der Waals surface area contributed by atoms with Crippen LogP contribution >= 0.6 is 0 Å². The highest BCUT2D eigenvalue weighted by Gasteiger charge is 2.29. The molecule has 0 amide bonds. The minimum absolute atomic E-state index is 0.0590.